The van der Waals surface area contributed by atoms with Crippen LogP contribution in [0.25, 0.3) is 32.3 Å². The molecule has 4 aromatic carbocycles. The summed E-state index contributed by atoms with van der Waals surface area (Å²) in [5.41, 5.74) is 0. The largest absolute Gasteiger partial charge is 1.00 e. The molecule has 25 heavy (non-hydrogen) atoms. The van der Waals surface area contributed by atoms with E-state index in [0.717, 1.165) is 6.07 Å². The fraction of sp³-hybridized carbons (Fsp3) is 0. The number of hydrogen-bond acceptors (Lipinski definition) is 4. The Bertz CT molecular complexity index is 1330. The van der Waals surface area contributed by atoms with E-state index in [1.807, 2.05) is 0 Å². The van der Waals surface area contributed by atoms with Crippen molar-refractivity contribution in [3.63, 3.8) is 0 Å². The van der Waals surface area contributed by atoms with Crippen LogP contribution in [-0.2, 0) is 20.2 Å². The van der Waals surface area contributed by atoms with Gasteiger partial charge in [0.1, 0.15) is 9.79 Å². The number of benzene rings is 4. The smallest absolute Gasteiger partial charge is 1.00 e. The Labute approximate surface area is 167 Å². The van der Waals surface area contributed by atoms with E-state index in [9.17, 15) is 25.9 Å². The van der Waals surface area contributed by atoms with Gasteiger partial charge in [-0.2, -0.15) is 16.8 Å². The zero-order valence-corrected chi connectivity index (χ0v) is 16.6. The summed E-state index contributed by atoms with van der Waals surface area (Å²) in [5, 5.41) is 2.77. The Morgan fingerprint density at radius 3 is 1.80 bits per heavy atom. The van der Waals surface area contributed by atoms with Crippen LogP contribution < -0.4 is 29.6 Å². The zero-order valence-electron chi connectivity index (χ0n) is 14.0. The second kappa shape index (κ2) is 5.88. The predicted octanol–water partition coefficient (Wildman–Crippen LogP) is 0.194. The van der Waals surface area contributed by atoms with Crippen LogP contribution in [0.2, 0.25) is 0 Å². The van der Waals surface area contributed by atoms with Crippen molar-refractivity contribution in [1.82, 2.24) is 0 Å². The van der Waals surface area contributed by atoms with Crippen molar-refractivity contribution < 1.29 is 56.9 Å². The van der Waals surface area contributed by atoms with Crippen molar-refractivity contribution in [2.24, 2.45) is 0 Å². The maximum absolute atomic E-state index is 11.8. The van der Waals surface area contributed by atoms with Gasteiger partial charge in [-0.1, -0.05) is 36.4 Å². The monoisotopic (exact) mass is 386 g/mol. The number of hydrogen-bond donors (Lipinski definition) is 2. The van der Waals surface area contributed by atoms with E-state index in [1.165, 1.54) is 6.07 Å². The van der Waals surface area contributed by atoms with Gasteiger partial charge >= 0.3 is 29.6 Å². The standard InChI is InChI=1S/C16H10O6S2.Na.H/c17-23(18,19)13-7-6-10-5-4-9-2-1-3-11-14(24(20,21)22)8-12(13)16(10)15(9)11;;/h1-8H,(H,17,18,19)(H,20,21,22);;/q;+1;-1. The van der Waals surface area contributed by atoms with Gasteiger partial charge in [0.2, 0.25) is 0 Å². The van der Waals surface area contributed by atoms with Crippen LogP contribution in [0.4, 0.5) is 0 Å². The molecule has 0 heterocycles. The second-order valence-electron chi connectivity index (χ2n) is 5.50. The summed E-state index contributed by atoms with van der Waals surface area (Å²) in [7, 11) is -9.16. The van der Waals surface area contributed by atoms with E-state index in [1.54, 1.807) is 36.4 Å². The van der Waals surface area contributed by atoms with Crippen LogP contribution in [0.1, 0.15) is 1.43 Å². The Hall–Kier alpha value is -1.26. The van der Waals surface area contributed by atoms with E-state index in [0.29, 0.717) is 26.9 Å². The summed E-state index contributed by atoms with van der Waals surface area (Å²) in [4.78, 5) is -0.803. The quantitative estimate of drug-likeness (QED) is 0.289. The average Bonchev–Trinajstić information content (AvgIpc) is 2.50. The molecule has 0 aliphatic carbocycles. The summed E-state index contributed by atoms with van der Waals surface area (Å²) in [6.07, 6.45) is 0. The number of rotatable bonds is 2. The molecule has 4 aromatic rings. The Kier molecular flexibility index (Phi) is 4.36. The van der Waals surface area contributed by atoms with E-state index in [-0.39, 0.29) is 36.4 Å². The summed E-state index contributed by atoms with van der Waals surface area (Å²) < 4.78 is 66.0. The normalized spacial score (nSPS) is 12.7. The molecule has 0 amide bonds. The molecule has 9 heteroatoms. The van der Waals surface area contributed by atoms with Gasteiger partial charge in [0.05, 0.1) is 0 Å². The van der Waals surface area contributed by atoms with E-state index in [4.69, 9.17) is 0 Å². The van der Waals surface area contributed by atoms with Crippen LogP contribution in [-0.4, -0.2) is 25.9 Å². The summed E-state index contributed by atoms with van der Waals surface area (Å²) in [6.45, 7) is 0. The minimum absolute atomic E-state index is 0. The van der Waals surface area contributed by atoms with Crippen LogP contribution in [0, 0.1) is 0 Å². The molecular weight excluding hydrogens is 375 g/mol. The first-order valence-corrected chi connectivity index (χ1v) is 9.71. The molecule has 0 unspecified atom stereocenters. The minimum atomic E-state index is -4.59. The molecule has 0 spiro atoms. The van der Waals surface area contributed by atoms with E-state index in [2.05, 4.69) is 0 Å². The van der Waals surface area contributed by atoms with Crippen molar-refractivity contribution in [3.8, 4) is 0 Å². The Morgan fingerprint density at radius 2 is 1.20 bits per heavy atom. The third-order valence-electron chi connectivity index (χ3n) is 4.12. The van der Waals surface area contributed by atoms with E-state index >= 15 is 0 Å². The van der Waals surface area contributed by atoms with Gasteiger partial charge in [-0.15, -0.1) is 0 Å². The second-order valence-corrected chi connectivity index (χ2v) is 8.28. The van der Waals surface area contributed by atoms with Crippen LogP contribution in [0.15, 0.2) is 58.3 Å². The Balaban J connectivity index is 0.00000121. The van der Waals surface area contributed by atoms with Crippen LogP contribution in [0.3, 0.4) is 0 Å². The summed E-state index contributed by atoms with van der Waals surface area (Å²) >= 11 is 0. The maximum Gasteiger partial charge on any atom is 1.00 e. The first-order valence-electron chi connectivity index (χ1n) is 6.83. The topological polar surface area (TPSA) is 109 Å². The fourth-order valence-electron chi connectivity index (χ4n) is 3.20. The molecule has 0 bridgehead atoms. The van der Waals surface area contributed by atoms with E-state index < -0.39 is 30.0 Å². The van der Waals surface area contributed by atoms with Crippen molar-refractivity contribution in [1.29, 1.82) is 0 Å². The molecule has 0 aromatic heterocycles. The van der Waals surface area contributed by atoms with Crippen LogP contribution >= 0.6 is 0 Å². The van der Waals surface area contributed by atoms with Crippen molar-refractivity contribution >= 4 is 52.6 Å². The van der Waals surface area contributed by atoms with Crippen LogP contribution in [0.5, 0.6) is 0 Å². The maximum atomic E-state index is 11.8. The molecule has 2 N–H and O–H groups in total. The molecule has 4 rings (SSSR count). The fourth-order valence-corrected chi connectivity index (χ4v) is 4.59. The molecule has 0 saturated carbocycles. The predicted molar refractivity (Wildman–Crippen MR) is 90.9 cm³/mol. The third kappa shape index (κ3) is 2.83. The molecule has 0 aliphatic heterocycles. The van der Waals surface area contributed by atoms with Crippen molar-refractivity contribution in [3.05, 3.63) is 48.5 Å². The SMILES string of the molecule is O=S(=O)(O)c1cc2c(S(=O)(=O)O)ccc3ccc4cccc1c4c32.[H-].[Na+]. The summed E-state index contributed by atoms with van der Waals surface area (Å²) in [6, 6.07) is 12.4. The molecule has 0 fully saturated rings. The van der Waals surface area contributed by atoms with Crippen molar-refractivity contribution in [2.45, 2.75) is 9.79 Å². The zero-order chi connectivity index (χ0) is 17.3. The Morgan fingerprint density at radius 1 is 0.680 bits per heavy atom. The first-order chi connectivity index (χ1) is 11.2. The van der Waals surface area contributed by atoms with Gasteiger partial charge in [-0.05, 0) is 33.7 Å². The van der Waals surface area contributed by atoms with Gasteiger partial charge in [-0.3, -0.25) is 9.11 Å². The molecule has 6 nitrogen and oxygen atoms in total. The molecular formula is C16H11NaO6S2. The minimum Gasteiger partial charge on any atom is -1.00 e. The average molecular weight is 386 g/mol. The van der Waals surface area contributed by atoms with Gasteiger partial charge < -0.3 is 1.43 Å². The van der Waals surface area contributed by atoms with Crippen molar-refractivity contribution in [2.75, 3.05) is 0 Å². The molecule has 0 saturated heterocycles. The van der Waals surface area contributed by atoms with Gasteiger partial charge in [0.15, 0.2) is 0 Å². The molecule has 0 aliphatic rings. The molecule has 124 valence electrons. The van der Waals surface area contributed by atoms with Gasteiger partial charge in [-0.25, -0.2) is 0 Å². The first kappa shape index (κ1) is 18.5. The van der Waals surface area contributed by atoms with Gasteiger partial charge in [0, 0.05) is 10.8 Å². The van der Waals surface area contributed by atoms with Gasteiger partial charge in [0.25, 0.3) is 20.2 Å². The summed E-state index contributed by atoms with van der Waals surface area (Å²) in [5.74, 6) is 0. The molecule has 0 radical (unpaired) electrons. The molecule has 0 atom stereocenters. The third-order valence-corrected chi connectivity index (χ3v) is 5.93.